The van der Waals surface area contributed by atoms with E-state index in [9.17, 15) is 0 Å². The Hall–Kier alpha value is -1.97. The van der Waals surface area contributed by atoms with Crippen LogP contribution in [0.25, 0.3) is 11.0 Å². The standard InChI is InChI=1S/C18H19NO2.ClH/c1-19-12-10-16(14-6-3-2-4-7-14)21-17-9-5-8-15-11-13-20-18(15)17;/h2-9,11,13,16,19H,10,12H2,1H3;1H/t16-;/m1./s1. The molecule has 116 valence electrons. The van der Waals surface area contributed by atoms with Crippen LogP contribution in [0.5, 0.6) is 5.75 Å². The molecule has 22 heavy (non-hydrogen) atoms. The van der Waals surface area contributed by atoms with Crippen LogP contribution < -0.4 is 10.1 Å². The predicted molar refractivity (Wildman–Crippen MR) is 91.8 cm³/mol. The van der Waals surface area contributed by atoms with Gasteiger partial charge in [-0.2, -0.15) is 0 Å². The minimum Gasteiger partial charge on any atom is -0.482 e. The molecular weight excluding hydrogens is 298 g/mol. The first-order chi connectivity index (χ1) is 10.4. The fourth-order valence-electron chi connectivity index (χ4n) is 2.45. The van der Waals surface area contributed by atoms with Gasteiger partial charge in [0.1, 0.15) is 6.10 Å². The van der Waals surface area contributed by atoms with Gasteiger partial charge in [0.2, 0.25) is 0 Å². The Balaban J connectivity index is 0.00000176. The van der Waals surface area contributed by atoms with E-state index in [1.54, 1.807) is 6.26 Å². The largest absolute Gasteiger partial charge is 0.482 e. The second-order valence-electron chi connectivity index (χ2n) is 5.00. The summed E-state index contributed by atoms with van der Waals surface area (Å²) in [4.78, 5) is 0. The Morgan fingerprint density at radius 1 is 1.05 bits per heavy atom. The molecule has 4 heteroatoms. The lowest BCUT2D eigenvalue weighted by Crippen LogP contribution is -2.16. The molecule has 0 spiro atoms. The Morgan fingerprint density at radius 3 is 2.64 bits per heavy atom. The highest BCUT2D eigenvalue weighted by atomic mass is 35.5. The number of furan rings is 1. The molecule has 2 aromatic carbocycles. The molecule has 0 amide bonds. The second kappa shape index (κ2) is 7.87. The maximum atomic E-state index is 6.24. The first-order valence-corrected chi connectivity index (χ1v) is 7.21. The lowest BCUT2D eigenvalue weighted by atomic mass is 10.1. The zero-order chi connectivity index (χ0) is 14.5. The quantitative estimate of drug-likeness (QED) is 0.722. The van der Waals surface area contributed by atoms with Gasteiger partial charge in [0, 0.05) is 11.8 Å². The smallest absolute Gasteiger partial charge is 0.175 e. The summed E-state index contributed by atoms with van der Waals surface area (Å²) in [6.45, 7) is 0.897. The van der Waals surface area contributed by atoms with Gasteiger partial charge in [0.05, 0.1) is 6.26 Å². The number of ether oxygens (including phenoxy) is 1. The zero-order valence-corrected chi connectivity index (χ0v) is 13.3. The van der Waals surface area contributed by atoms with Gasteiger partial charge in [-0.25, -0.2) is 0 Å². The summed E-state index contributed by atoms with van der Waals surface area (Å²) in [6.07, 6.45) is 2.61. The summed E-state index contributed by atoms with van der Waals surface area (Å²) in [5.74, 6) is 0.794. The fraction of sp³-hybridized carbons (Fsp3) is 0.222. The number of para-hydroxylation sites is 1. The maximum Gasteiger partial charge on any atom is 0.175 e. The van der Waals surface area contributed by atoms with Crippen LogP contribution in [0, 0.1) is 0 Å². The lowest BCUT2D eigenvalue weighted by Gasteiger charge is -2.19. The van der Waals surface area contributed by atoms with E-state index < -0.39 is 0 Å². The Labute approximate surface area is 136 Å². The summed E-state index contributed by atoms with van der Waals surface area (Å²) >= 11 is 0. The molecule has 0 saturated carbocycles. The number of rotatable bonds is 6. The van der Waals surface area contributed by atoms with E-state index in [1.807, 2.05) is 49.5 Å². The van der Waals surface area contributed by atoms with Crippen molar-refractivity contribution in [2.45, 2.75) is 12.5 Å². The molecule has 1 atom stereocenters. The van der Waals surface area contributed by atoms with Gasteiger partial charge in [0.15, 0.2) is 11.3 Å². The third-order valence-electron chi connectivity index (χ3n) is 3.54. The number of fused-ring (bicyclic) bond motifs is 1. The van der Waals surface area contributed by atoms with Crippen LogP contribution in [0.3, 0.4) is 0 Å². The third kappa shape index (κ3) is 3.62. The van der Waals surface area contributed by atoms with E-state index in [2.05, 4.69) is 17.4 Å². The van der Waals surface area contributed by atoms with E-state index >= 15 is 0 Å². The highest BCUT2D eigenvalue weighted by Crippen LogP contribution is 2.31. The van der Waals surface area contributed by atoms with E-state index in [4.69, 9.17) is 9.15 Å². The van der Waals surface area contributed by atoms with Crippen molar-refractivity contribution < 1.29 is 9.15 Å². The second-order valence-corrected chi connectivity index (χ2v) is 5.00. The normalized spacial score (nSPS) is 11.9. The molecule has 0 aliphatic carbocycles. The van der Waals surface area contributed by atoms with Gasteiger partial charge < -0.3 is 14.5 Å². The van der Waals surface area contributed by atoms with Crippen LogP contribution in [0.1, 0.15) is 18.1 Å². The SMILES string of the molecule is CNCC[C@@H](Oc1cccc2ccoc12)c1ccccc1.Cl. The predicted octanol–water partition coefficient (Wildman–Crippen LogP) is 4.58. The Morgan fingerprint density at radius 2 is 1.86 bits per heavy atom. The summed E-state index contributed by atoms with van der Waals surface area (Å²) in [5, 5.41) is 4.25. The van der Waals surface area contributed by atoms with Gasteiger partial charge in [-0.1, -0.05) is 42.5 Å². The van der Waals surface area contributed by atoms with Crippen LogP contribution in [0.15, 0.2) is 65.3 Å². The lowest BCUT2D eigenvalue weighted by molar-refractivity contribution is 0.195. The zero-order valence-electron chi connectivity index (χ0n) is 12.5. The molecule has 0 aliphatic heterocycles. The Bertz CT molecular complexity index is 696. The van der Waals surface area contributed by atoms with E-state index in [0.29, 0.717) is 0 Å². The monoisotopic (exact) mass is 317 g/mol. The number of hydrogen-bond donors (Lipinski definition) is 1. The van der Waals surface area contributed by atoms with E-state index in [0.717, 1.165) is 29.7 Å². The molecule has 0 fully saturated rings. The van der Waals surface area contributed by atoms with Crippen molar-refractivity contribution in [3.05, 3.63) is 66.4 Å². The number of nitrogens with one attached hydrogen (secondary N) is 1. The van der Waals surface area contributed by atoms with Crippen LogP contribution >= 0.6 is 12.4 Å². The topological polar surface area (TPSA) is 34.4 Å². The van der Waals surface area contributed by atoms with Crippen molar-refractivity contribution in [2.75, 3.05) is 13.6 Å². The number of hydrogen-bond acceptors (Lipinski definition) is 3. The number of halogens is 1. The molecule has 1 aromatic heterocycles. The molecular formula is C18H20ClNO2. The average Bonchev–Trinajstić information content (AvgIpc) is 3.01. The van der Waals surface area contributed by atoms with Gasteiger partial charge in [-0.05, 0) is 31.3 Å². The van der Waals surface area contributed by atoms with Crippen molar-refractivity contribution >= 4 is 23.4 Å². The molecule has 0 unspecified atom stereocenters. The highest BCUT2D eigenvalue weighted by Gasteiger charge is 2.15. The molecule has 3 rings (SSSR count). The van der Waals surface area contributed by atoms with Crippen molar-refractivity contribution in [1.82, 2.24) is 5.32 Å². The summed E-state index contributed by atoms with van der Waals surface area (Å²) in [7, 11) is 1.95. The van der Waals surface area contributed by atoms with Crippen molar-refractivity contribution in [1.29, 1.82) is 0 Å². The molecule has 0 saturated heterocycles. The van der Waals surface area contributed by atoms with Gasteiger partial charge in [0.25, 0.3) is 0 Å². The molecule has 0 radical (unpaired) electrons. The summed E-state index contributed by atoms with van der Waals surface area (Å²) in [6, 6.07) is 18.2. The van der Waals surface area contributed by atoms with E-state index in [-0.39, 0.29) is 18.5 Å². The Kier molecular flexibility index (Phi) is 5.87. The summed E-state index contributed by atoms with van der Waals surface area (Å²) < 4.78 is 11.8. The average molecular weight is 318 g/mol. The van der Waals surface area contributed by atoms with Gasteiger partial charge >= 0.3 is 0 Å². The summed E-state index contributed by atoms with van der Waals surface area (Å²) in [5.41, 5.74) is 1.99. The molecule has 0 aliphatic rings. The molecule has 3 nitrogen and oxygen atoms in total. The highest BCUT2D eigenvalue weighted by molar-refractivity contribution is 5.85. The van der Waals surface area contributed by atoms with E-state index in [1.165, 1.54) is 5.56 Å². The van der Waals surface area contributed by atoms with Crippen molar-refractivity contribution in [2.24, 2.45) is 0 Å². The molecule has 1 heterocycles. The first kappa shape index (κ1) is 16.4. The molecule has 0 bridgehead atoms. The molecule has 3 aromatic rings. The van der Waals surface area contributed by atoms with Gasteiger partial charge in [-0.3, -0.25) is 0 Å². The van der Waals surface area contributed by atoms with Crippen LogP contribution in [-0.2, 0) is 0 Å². The maximum absolute atomic E-state index is 6.24. The minimum absolute atomic E-state index is 0. The minimum atomic E-state index is 0. The van der Waals surface area contributed by atoms with Gasteiger partial charge in [-0.15, -0.1) is 12.4 Å². The fourth-order valence-corrected chi connectivity index (χ4v) is 2.45. The molecule has 1 N–H and O–H groups in total. The van der Waals surface area contributed by atoms with Crippen molar-refractivity contribution in [3.8, 4) is 5.75 Å². The first-order valence-electron chi connectivity index (χ1n) is 7.21. The third-order valence-corrected chi connectivity index (χ3v) is 3.54. The van der Waals surface area contributed by atoms with Crippen LogP contribution in [-0.4, -0.2) is 13.6 Å². The van der Waals surface area contributed by atoms with Crippen molar-refractivity contribution in [3.63, 3.8) is 0 Å². The number of benzene rings is 2. The van der Waals surface area contributed by atoms with Crippen LogP contribution in [0.4, 0.5) is 0 Å². The van der Waals surface area contributed by atoms with Crippen LogP contribution in [0.2, 0.25) is 0 Å².